The topological polar surface area (TPSA) is 65.9 Å². The summed E-state index contributed by atoms with van der Waals surface area (Å²) in [6.45, 7) is 3.77. The predicted molar refractivity (Wildman–Crippen MR) is 97.4 cm³/mol. The van der Waals surface area contributed by atoms with Crippen molar-refractivity contribution in [2.75, 3.05) is 12.4 Å². The molecule has 0 aromatic heterocycles. The second-order valence-electron chi connectivity index (χ2n) is 4.96. The van der Waals surface area contributed by atoms with Crippen LogP contribution in [0.25, 0.3) is 0 Å². The average molecular weight is 329 g/mol. The third kappa shape index (κ3) is 4.43. The number of aryl methyl sites for hydroxylation is 1. The molecule has 0 amide bonds. The Balaban J connectivity index is 2.07. The molecule has 2 aromatic rings. The van der Waals surface area contributed by atoms with Crippen molar-refractivity contribution in [1.29, 1.82) is 0 Å². The fraction of sp³-hybridized carbons (Fsp3) is 0.176. The number of hydrogen-bond donors (Lipinski definition) is 3. The number of phenolic OH excluding ortho intramolecular Hbond substituents is 1. The monoisotopic (exact) mass is 329 g/mol. The number of thiocarbonyl (C=S) groups is 1. The first-order chi connectivity index (χ1) is 11.0. The number of anilines is 1. The number of rotatable bonds is 4. The minimum atomic E-state index is 0.131. The highest BCUT2D eigenvalue weighted by molar-refractivity contribution is 7.80. The molecule has 0 saturated heterocycles. The number of nitrogens with zero attached hydrogens (tertiary/aromatic N) is 1. The summed E-state index contributed by atoms with van der Waals surface area (Å²) in [7, 11) is 1.57. The molecule has 0 bridgehead atoms. The van der Waals surface area contributed by atoms with Crippen molar-refractivity contribution < 1.29 is 9.84 Å². The first-order valence-electron chi connectivity index (χ1n) is 7.05. The number of methoxy groups -OCH3 is 1. The van der Waals surface area contributed by atoms with Gasteiger partial charge in [-0.2, -0.15) is 5.10 Å². The van der Waals surface area contributed by atoms with Crippen molar-refractivity contribution in [3.63, 3.8) is 0 Å². The Morgan fingerprint density at radius 1 is 1.22 bits per heavy atom. The van der Waals surface area contributed by atoms with Gasteiger partial charge >= 0.3 is 0 Å². The van der Waals surface area contributed by atoms with Crippen molar-refractivity contribution in [2.45, 2.75) is 13.8 Å². The Morgan fingerprint density at radius 3 is 2.65 bits per heavy atom. The van der Waals surface area contributed by atoms with Gasteiger partial charge in [0.2, 0.25) is 0 Å². The highest BCUT2D eigenvalue weighted by Crippen LogP contribution is 2.23. The van der Waals surface area contributed by atoms with Crippen LogP contribution in [-0.4, -0.2) is 23.0 Å². The Labute approximate surface area is 141 Å². The van der Waals surface area contributed by atoms with Gasteiger partial charge in [-0.05, 0) is 55.9 Å². The van der Waals surface area contributed by atoms with Crippen LogP contribution in [0.1, 0.15) is 18.1 Å². The number of ether oxygens (including phenoxy) is 1. The molecular formula is C17H19N3O2S. The Hall–Kier alpha value is -2.60. The van der Waals surface area contributed by atoms with Crippen LogP contribution < -0.4 is 15.5 Å². The van der Waals surface area contributed by atoms with Gasteiger partial charge < -0.3 is 15.2 Å². The molecule has 0 radical (unpaired) electrons. The van der Waals surface area contributed by atoms with Crippen LogP contribution in [0.3, 0.4) is 0 Å². The van der Waals surface area contributed by atoms with Crippen molar-refractivity contribution in [1.82, 2.24) is 5.43 Å². The lowest BCUT2D eigenvalue weighted by molar-refractivity contribution is 0.412. The lowest BCUT2D eigenvalue weighted by Gasteiger charge is -2.11. The van der Waals surface area contributed by atoms with E-state index >= 15 is 0 Å². The summed E-state index contributed by atoms with van der Waals surface area (Å²) in [5.74, 6) is 0.777. The molecule has 0 unspecified atom stereocenters. The van der Waals surface area contributed by atoms with E-state index in [1.807, 2.05) is 31.2 Å². The van der Waals surface area contributed by atoms with Gasteiger partial charge in [-0.1, -0.05) is 18.2 Å². The summed E-state index contributed by atoms with van der Waals surface area (Å²) in [6.07, 6.45) is 0. The quantitative estimate of drug-likeness (QED) is 0.456. The van der Waals surface area contributed by atoms with E-state index in [9.17, 15) is 5.11 Å². The summed E-state index contributed by atoms with van der Waals surface area (Å²) in [5.41, 5.74) is 5.95. The van der Waals surface area contributed by atoms with E-state index in [1.165, 1.54) is 0 Å². The SMILES string of the molecule is COc1ccc(O)c(/C(C)=N/NC(=S)Nc2ccccc2C)c1. The van der Waals surface area contributed by atoms with Gasteiger partial charge in [-0.3, -0.25) is 5.43 Å². The summed E-state index contributed by atoms with van der Waals surface area (Å²) < 4.78 is 5.15. The van der Waals surface area contributed by atoms with Gasteiger partial charge in [0.1, 0.15) is 11.5 Å². The molecule has 0 saturated carbocycles. The first kappa shape index (κ1) is 16.8. The molecule has 0 aliphatic carbocycles. The van der Waals surface area contributed by atoms with Gasteiger partial charge in [-0.15, -0.1) is 0 Å². The molecule has 0 heterocycles. The maximum atomic E-state index is 9.93. The summed E-state index contributed by atoms with van der Waals surface area (Å²) in [4.78, 5) is 0. The minimum Gasteiger partial charge on any atom is -0.507 e. The molecule has 0 spiro atoms. The second kappa shape index (κ2) is 7.60. The third-order valence-corrected chi connectivity index (χ3v) is 3.51. The first-order valence-corrected chi connectivity index (χ1v) is 7.46. The van der Waals surface area contributed by atoms with Gasteiger partial charge in [0, 0.05) is 11.3 Å². The van der Waals surface area contributed by atoms with Gasteiger partial charge in [-0.25, -0.2) is 0 Å². The number of phenols is 1. The third-order valence-electron chi connectivity index (χ3n) is 3.31. The van der Waals surface area contributed by atoms with Crippen LogP contribution in [0.15, 0.2) is 47.6 Å². The molecule has 0 atom stereocenters. The number of benzene rings is 2. The normalized spacial score (nSPS) is 11.0. The van der Waals surface area contributed by atoms with Gasteiger partial charge in [0.05, 0.1) is 12.8 Å². The van der Waals surface area contributed by atoms with Crippen LogP contribution in [-0.2, 0) is 0 Å². The van der Waals surface area contributed by atoms with Gasteiger partial charge in [0.25, 0.3) is 0 Å². The number of para-hydroxylation sites is 1. The molecule has 2 aromatic carbocycles. The number of nitrogens with one attached hydrogen (secondary N) is 2. The average Bonchev–Trinajstić information content (AvgIpc) is 2.55. The van der Waals surface area contributed by atoms with Crippen molar-refractivity contribution in [3.8, 4) is 11.5 Å². The van der Waals surface area contributed by atoms with Gasteiger partial charge in [0.15, 0.2) is 5.11 Å². The van der Waals surface area contributed by atoms with E-state index in [2.05, 4.69) is 15.8 Å². The maximum absolute atomic E-state index is 9.93. The maximum Gasteiger partial charge on any atom is 0.191 e. The largest absolute Gasteiger partial charge is 0.507 e. The van der Waals surface area contributed by atoms with E-state index < -0.39 is 0 Å². The molecule has 3 N–H and O–H groups in total. The minimum absolute atomic E-state index is 0.131. The van der Waals surface area contributed by atoms with Crippen molar-refractivity contribution in [3.05, 3.63) is 53.6 Å². The second-order valence-corrected chi connectivity index (χ2v) is 5.37. The van der Waals surface area contributed by atoms with E-state index in [1.54, 1.807) is 32.2 Å². The fourth-order valence-electron chi connectivity index (χ4n) is 1.99. The molecule has 0 aliphatic rings. The molecule has 23 heavy (non-hydrogen) atoms. The summed E-state index contributed by atoms with van der Waals surface area (Å²) in [5, 5.41) is 17.6. The van der Waals surface area contributed by atoms with Crippen LogP contribution in [0, 0.1) is 6.92 Å². The van der Waals surface area contributed by atoms with Crippen molar-refractivity contribution >= 4 is 28.7 Å². The van der Waals surface area contributed by atoms with E-state index in [0.29, 0.717) is 22.1 Å². The number of hydrazone groups is 1. The number of hydrogen-bond acceptors (Lipinski definition) is 4. The zero-order valence-corrected chi connectivity index (χ0v) is 14.1. The Kier molecular flexibility index (Phi) is 5.54. The van der Waals surface area contributed by atoms with E-state index in [4.69, 9.17) is 17.0 Å². The molecule has 2 rings (SSSR count). The summed E-state index contributed by atoms with van der Waals surface area (Å²) in [6, 6.07) is 12.8. The van der Waals surface area contributed by atoms with Crippen LogP contribution in [0.4, 0.5) is 5.69 Å². The predicted octanol–water partition coefficient (Wildman–Crippen LogP) is 3.42. The number of aromatic hydroxyl groups is 1. The Morgan fingerprint density at radius 2 is 1.96 bits per heavy atom. The van der Waals surface area contributed by atoms with Crippen LogP contribution in [0.2, 0.25) is 0 Å². The molecule has 6 heteroatoms. The standard InChI is InChI=1S/C17H19N3O2S/c1-11-6-4-5-7-15(11)18-17(23)20-19-12(2)14-10-13(22-3)8-9-16(14)21/h4-10,21H,1-3H3,(H2,18,20,23)/b19-12+. The Bertz CT molecular complexity index is 744. The highest BCUT2D eigenvalue weighted by atomic mass is 32.1. The zero-order chi connectivity index (χ0) is 16.8. The smallest absolute Gasteiger partial charge is 0.191 e. The molecule has 5 nitrogen and oxygen atoms in total. The molecule has 0 fully saturated rings. The van der Waals surface area contributed by atoms with Crippen molar-refractivity contribution in [2.24, 2.45) is 5.10 Å². The molecule has 0 aliphatic heterocycles. The lowest BCUT2D eigenvalue weighted by atomic mass is 10.1. The zero-order valence-electron chi connectivity index (χ0n) is 13.3. The van der Waals surface area contributed by atoms with Crippen LogP contribution >= 0.6 is 12.2 Å². The van der Waals surface area contributed by atoms with E-state index in [-0.39, 0.29) is 5.75 Å². The molecule has 120 valence electrons. The summed E-state index contributed by atoms with van der Waals surface area (Å²) >= 11 is 5.23. The van der Waals surface area contributed by atoms with E-state index in [0.717, 1.165) is 11.3 Å². The van der Waals surface area contributed by atoms with Crippen LogP contribution in [0.5, 0.6) is 11.5 Å². The molecular weight excluding hydrogens is 310 g/mol. The lowest BCUT2D eigenvalue weighted by Crippen LogP contribution is -2.25. The highest BCUT2D eigenvalue weighted by Gasteiger charge is 2.07. The fourth-order valence-corrected chi connectivity index (χ4v) is 2.15.